The fourth-order valence-corrected chi connectivity index (χ4v) is 3.72. The maximum absolute atomic E-state index is 5.76. The molecule has 0 atom stereocenters. The van der Waals surface area contributed by atoms with Crippen molar-refractivity contribution >= 4 is 11.3 Å². The standard InChI is InChI=1S/C14H14N4OS/c1-2-4-11-10(3-1)7-12(20-11)14-17-16-13(19-14)8-18-6-5-15-9-18/h5-7,9H,1-4,8H2. The Hall–Kier alpha value is -1.95. The number of thiophene rings is 1. The molecule has 0 unspecified atom stereocenters. The number of aromatic nitrogens is 4. The van der Waals surface area contributed by atoms with Crippen LogP contribution in [0.4, 0.5) is 0 Å². The molecule has 0 aliphatic heterocycles. The normalized spacial score (nSPS) is 14.4. The molecule has 3 heterocycles. The van der Waals surface area contributed by atoms with Crippen molar-refractivity contribution in [1.29, 1.82) is 0 Å². The van der Waals surface area contributed by atoms with Crippen molar-refractivity contribution in [3.63, 3.8) is 0 Å². The van der Waals surface area contributed by atoms with E-state index in [1.54, 1.807) is 23.9 Å². The molecule has 0 aromatic carbocycles. The summed E-state index contributed by atoms with van der Waals surface area (Å²) in [5, 5.41) is 8.29. The molecule has 1 aliphatic rings. The van der Waals surface area contributed by atoms with Gasteiger partial charge in [-0.1, -0.05) is 0 Å². The van der Waals surface area contributed by atoms with Crippen LogP contribution in [0.1, 0.15) is 29.2 Å². The van der Waals surface area contributed by atoms with Crippen LogP contribution < -0.4 is 0 Å². The van der Waals surface area contributed by atoms with E-state index in [9.17, 15) is 0 Å². The van der Waals surface area contributed by atoms with Crippen molar-refractivity contribution in [3.8, 4) is 10.8 Å². The van der Waals surface area contributed by atoms with Crippen LogP contribution in [-0.2, 0) is 19.4 Å². The third-order valence-corrected chi connectivity index (χ3v) is 4.78. The minimum Gasteiger partial charge on any atom is -0.418 e. The summed E-state index contributed by atoms with van der Waals surface area (Å²) in [7, 11) is 0. The molecule has 0 spiro atoms. The Balaban J connectivity index is 1.59. The smallest absolute Gasteiger partial charge is 0.257 e. The molecule has 5 nitrogen and oxygen atoms in total. The summed E-state index contributed by atoms with van der Waals surface area (Å²) < 4.78 is 7.67. The van der Waals surface area contributed by atoms with Crippen LogP contribution in [0.3, 0.4) is 0 Å². The lowest BCUT2D eigenvalue weighted by molar-refractivity contribution is 0.489. The Morgan fingerprint density at radius 3 is 3.05 bits per heavy atom. The van der Waals surface area contributed by atoms with Gasteiger partial charge in [0.1, 0.15) is 6.54 Å². The lowest BCUT2D eigenvalue weighted by atomic mass is 9.99. The highest BCUT2D eigenvalue weighted by atomic mass is 32.1. The number of rotatable bonds is 3. The predicted octanol–water partition coefficient (Wildman–Crippen LogP) is 2.92. The maximum atomic E-state index is 5.76. The molecule has 20 heavy (non-hydrogen) atoms. The van der Waals surface area contributed by atoms with Gasteiger partial charge < -0.3 is 8.98 Å². The third-order valence-electron chi connectivity index (χ3n) is 3.55. The lowest BCUT2D eigenvalue weighted by Gasteiger charge is -2.08. The SMILES string of the molecule is c1cn(Cc2nnc(-c3cc4c(s3)CCCC4)o2)cn1. The van der Waals surface area contributed by atoms with E-state index in [4.69, 9.17) is 4.42 Å². The molecule has 0 saturated carbocycles. The van der Waals surface area contributed by atoms with Crippen LogP contribution in [0.5, 0.6) is 0 Å². The first-order chi connectivity index (χ1) is 9.88. The zero-order valence-electron chi connectivity index (χ0n) is 11.0. The predicted molar refractivity (Wildman–Crippen MR) is 75.6 cm³/mol. The first-order valence-corrected chi connectivity index (χ1v) is 7.60. The van der Waals surface area contributed by atoms with E-state index in [-0.39, 0.29) is 0 Å². The monoisotopic (exact) mass is 286 g/mol. The summed E-state index contributed by atoms with van der Waals surface area (Å²) >= 11 is 1.79. The highest BCUT2D eigenvalue weighted by Crippen LogP contribution is 2.35. The van der Waals surface area contributed by atoms with E-state index in [0.29, 0.717) is 18.3 Å². The fraction of sp³-hybridized carbons (Fsp3) is 0.357. The van der Waals surface area contributed by atoms with Gasteiger partial charge in [0.15, 0.2) is 0 Å². The van der Waals surface area contributed by atoms with Crippen molar-refractivity contribution in [2.24, 2.45) is 0 Å². The van der Waals surface area contributed by atoms with Crippen LogP contribution in [-0.4, -0.2) is 19.7 Å². The first kappa shape index (κ1) is 11.8. The van der Waals surface area contributed by atoms with Gasteiger partial charge in [0.25, 0.3) is 5.89 Å². The summed E-state index contributed by atoms with van der Waals surface area (Å²) in [6, 6.07) is 2.22. The Morgan fingerprint density at radius 1 is 1.25 bits per heavy atom. The summed E-state index contributed by atoms with van der Waals surface area (Å²) in [6.07, 6.45) is 10.3. The molecule has 102 valence electrons. The Bertz CT molecular complexity index is 690. The second-order valence-electron chi connectivity index (χ2n) is 5.00. The van der Waals surface area contributed by atoms with Gasteiger partial charge in [0.05, 0.1) is 11.2 Å². The van der Waals surface area contributed by atoms with Gasteiger partial charge in [0, 0.05) is 17.3 Å². The largest absolute Gasteiger partial charge is 0.418 e. The van der Waals surface area contributed by atoms with Crippen molar-refractivity contribution in [2.75, 3.05) is 0 Å². The van der Waals surface area contributed by atoms with Gasteiger partial charge in [0.2, 0.25) is 5.89 Å². The molecule has 0 bridgehead atoms. The van der Waals surface area contributed by atoms with Gasteiger partial charge in [-0.3, -0.25) is 0 Å². The molecular weight excluding hydrogens is 272 g/mol. The van der Waals surface area contributed by atoms with Crippen LogP contribution in [0.2, 0.25) is 0 Å². The number of hydrogen-bond donors (Lipinski definition) is 0. The van der Waals surface area contributed by atoms with Crippen molar-refractivity contribution < 1.29 is 4.42 Å². The molecule has 0 fully saturated rings. The molecule has 3 aromatic heterocycles. The highest BCUT2D eigenvalue weighted by Gasteiger charge is 2.17. The van der Waals surface area contributed by atoms with Gasteiger partial charge in [-0.2, -0.15) is 0 Å². The average molecular weight is 286 g/mol. The van der Waals surface area contributed by atoms with Crippen LogP contribution in [0, 0.1) is 0 Å². The highest BCUT2D eigenvalue weighted by molar-refractivity contribution is 7.15. The van der Waals surface area contributed by atoms with Gasteiger partial charge in [-0.25, -0.2) is 4.98 Å². The topological polar surface area (TPSA) is 56.7 Å². The zero-order chi connectivity index (χ0) is 13.4. The second kappa shape index (κ2) is 4.86. The first-order valence-electron chi connectivity index (χ1n) is 6.78. The van der Waals surface area contributed by atoms with Crippen LogP contribution in [0.15, 0.2) is 29.2 Å². The number of fused-ring (bicyclic) bond motifs is 1. The molecular formula is C14H14N4OS. The summed E-state index contributed by atoms with van der Waals surface area (Å²) in [4.78, 5) is 6.59. The number of nitrogens with zero attached hydrogens (tertiary/aromatic N) is 4. The molecule has 0 N–H and O–H groups in total. The van der Waals surface area contributed by atoms with Crippen molar-refractivity contribution in [2.45, 2.75) is 32.2 Å². The molecule has 6 heteroatoms. The summed E-state index contributed by atoms with van der Waals surface area (Å²) in [5.41, 5.74) is 1.46. The number of aryl methyl sites for hydroxylation is 2. The zero-order valence-corrected chi connectivity index (χ0v) is 11.8. The minimum atomic E-state index is 0.568. The Kier molecular flexibility index (Phi) is 2.88. The van der Waals surface area contributed by atoms with E-state index in [2.05, 4.69) is 21.2 Å². The second-order valence-corrected chi connectivity index (χ2v) is 6.14. The van der Waals surface area contributed by atoms with E-state index in [1.165, 1.54) is 36.1 Å². The summed E-state index contributed by atoms with van der Waals surface area (Å²) in [6.45, 7) is 0.568. The molecule has 0 saturated heterocycles. The molecule has 0 radical (unpaired) electrons. The Morgan fingerprint density at radius 2 is 2.20 bits per heavy atom. The fourth-order valence-electron chi connectivity index (χ4n) is 2.55. The quantitative estimate of drug-likeness (QED) is 0.743. The van der Waals surface area contributed by atoms with Crippen LogP contribution in [0.25, 0.3) is 10.8 Å². The lowest BCUT2D eigenvalue weighted by Crippen LogP contribution is -1.96. The Labute approximate surface area is 120 Å². The minimum absolute atomic E-state index is 0.568. The van der Waals surface area contributed by atoms with Crippen molar-refractivity contribution in [1.82, 2.24) is 19.7 Å². The molecule has 4 rings (SSSR count). The number of imidazole rings is 1. The maximum Gasteiger partial charge on any atom is 0.257 e. The molecule has 3 aromatic rings. The van der Waals surface area contributed by atoms with Crippen LogP contribution >= 0.6 is 11.3 Å². The van der Waals surface area contributed by atoms with E-state index in [0.717, 1.165) is 4.88 Å². The van der Waals surface area contributed by atoms with Crippen molar-refractivity contribution in [3.05, 3.63) is 41.1 Å². The third kappa shape index (κ3) is 2.16. The summed E-state index contributed by atoms with van der Waals surface area (Å²) in [5.74, 6) is 1.25. The molecule has 0 amide bonds. The average Bonchev–Trinajstić information content (AvgIpc) is 3.18. The van der Waals surface area contributed by atoms with Gasteiger partial charge >= 0.3 is 0 Å². The number of hydrogen-bond acceptors (Lipinski definition) is 5. The van der Waals surface area contributed by atoms with E-state index >= 15 is 0 Å². The van der Waals surface area contributed by atoms with E-state index < -0.39 is 0 Å². The molecule has 1 aliphatic carbocycles. The van der Waals surface area contributed by atoms with Gasteiger partial charge in [-0.15, -0.1) is 21.5 Å². The van der Waals surface area contributed by atoms with E-state index in [1.807, 2.05) is 10.8 Å². The van der Waals surface area contributed by atoms with Gasteiger partial charge in [-0.05, 0) is 37.3 Å².